The number of nitrogens with zero attached hydrogens (tertiary/aromatic N) is 2. The Morgan fingerprint density at radius 3 is 2.87 bits per heavy atom. The Morgan fingerprint density at radius 2 is 2.17 bits per heavy atom. The lowest BCUT2D eigenvalue weighted by molar-refractivity contribution is 0.0988. The second-order valence-electron chi connectivity index (χ2n) is 5.18. The second-order valence-corrected chi connectivity index (χ2v) is 6.70. The fourth-order valence-corrected chi connectivity index (χ4v) is 3.07. The van der Waals surface area contributed by atoms with Crippen molar-refractivity contribution in [1.82, 2.24) is 10.1 Å². The van der Waals surface area contributed by atoms with Crippen molar-refractivity contribution in [1.29, 1.82) is 0 Å². The van der Waals surface area contributed by atoms with Crippen molar-refractivity contribution < 1.29 is 9.32 Å². The molecular formula is C16H14ClN3O2S. The lowest BCUT2D eigenvalue weighted by Gasteiger charge is -2.02. The molecule has 0 saturated carbocycles. The summed E-state index contributed by atoms with van der Waals surface area (Å²) in [5.74, 6) is -0.186. The Bertz CT molecular complexity index is 857. The van der Waals surface area contributed by atoms with Crippen molar-refractivity contribution in [3.05, 3.63) is 62.9 Å². The number of aromatic nitrogens is 2. The minimum atomic E-state index is -0.357. The average molecular weight is 348 g/mol. The van der Waals surface area contributed by atoms with Crippen LogP contribution in [0, 0.1) is 13.8 Å². The van der Waals surface area contributed by atoms with Gasteiger partial charge < -0.3 is 4.52 Å². The highest BCUT2D eigenvalue weighted by molar-refractivity contribution is 7.15. The molecular weight excluding hydrogens is 334 g/mol. The first-order valence-electron chi connectivity index (χ1n) is 6.95. The van der Waals surface area contributed by atoms with Gasteiger partial charge in [0.2, 0.25) is 5.76 Å². The van der Waals surface area contributed by atoms with Crippen LogP contribution in [0.5, 0.6) is 0 Å². The first-order valence-corrected chi connectivity index (χ1v) is 8.15. The van der Waals surface area contributed by atoms with Gasteiger partial charge >= 0.3 is 0 Å². The van der Waals surface area contributed by atoms with Crippen LogP contribution in [0.4, 0.5) is 5.13 Å². The van der Waals surface area contributed by atoms with E-state index in [9.17, 15) is 4.79 Å². The molecule has 0 aliphatic rings. The Labute approximate surface area is 142 Å². The van der Waals surface area contributed by atoms with Crippen LogP contribution in [-0.2, 0) is 6.42 Å². The molecule has 0 aliphatic carbocycles. The Kier molecular flexibility index (Phi) is 4.45. The summed E-state index contributed by atoms with van der Waals surface area (Å²) in [6.45, 7) is 3.73. The minimum absolute atomic E-state index is 0.171. The summed E-state index contributed by atoms with van der Waals surface area (Å²) in [7, 11) is 0. The molecule has 2 heterocycles. The molecule has 1 amide bonds. The standard InChI is InChI=1S/C16H14ClN3O2S/c1-9-3-4-11(7-13(9)17)6-12-8-18-16(23-12)19-15(21)14-5-10(2)20-22-14/h3-5,7-8H,6H2,1-2H3,(H,18,19,21). The molecule has 1 aromatic carbocycles. The van der Waals surface area contributed by atoms with Crippen molar-refractivity contribution in [2.75, 3.05) is 5.32 Å². The molecule has 0 radical (unpaired) electrons. The second kappa shape index (κ2) is 6.52. The number of thiazole rings is 1. The zero-order valence-corrected chi connectivity index (χ0v) is 14.2. The van der Waals surface area contributed by atoms with Gasteiger partial charge in [0.25, 0.3) is 5.91 Å². The first kappa shape index (κ1) is 15.7. The number of carbonyl (C=O) groups is 1. The fraction of sp³-hybridized carbons (Fsp3) is 0.188. The number of rotatable bonds is 4. The molecule has 118 valence electrons. The Hall–Kier alpha value is -2.18. The van der Waals surface area contributed by atoms with Crippen LogP contribution in [0.25, 0.3) is 0 Å². The molecule has 5 nitrogen and oxygen atoms in total. The molecule has 0 spiro atoms. The van der Waals surface area contributed by atoms with Crippen LogP contribution >= 0.6 is 22.9 Å². The normalized spacial score (nSPS) is 10.7. The zero-order valence-electron chi connectivity index (χ0n) is 12.6. The van der Waals surface area contributed by atoms with Gasteiger partial charge in [0.15, 0.2) is 5.13 Å². The van der Waals surface area contributed by atoms with Crippen LogP contribution in [-0.4, -0.2) is 16.0 Å². The van der Waals surface area contributed by atoms with Crippen LogP contribution < -0.4 is 5.32 Å². The molecule has 0 saturated heterocycles. The van der Waals surface area contributed by atoms with Gasteiger partial charge in [-0.3, -0.25) is 10.1 Å². The lowest BCUT2D eigenvalue weighted by Crippen LogP contribution is -2.10. The number of carbonyl (C=O) groups excluding carboxylic acids is 1. The molecule has 0 atom stereocenters. The van der Waals surface area contributed by atoms with Crippen LogP contribution in [0.15, 0.2) is 35.0 Å². The highest BCUT2D eigenvalue weighted by Crippen LogP contribution is 2.24. The fourth-order valence-electron chi connectivity index (χ4n) is 2.02. The van der Waals surface area contributed by atoms with Gasteiger partial charge in [0.1, 0.15) is 0 Å². The molecule has 0 unspecified atom stereocenters. The van der Waals surface area contributed by atoms with E-state index in [2.05, 4.69) is 15.5 Å². The minimum Gasteiger partial charge on any atom is -0.351 e. The average Bonchev–Trinajstić information content (AvgIpc) is 3.12. The summed E-state index contributed by atoms with van der Waals surface area (Å²) in [5, 5.41) is 7.67. The van der Waals surface area contributed by atoms with E-state index in [-0.39, 0.29) is 11.7 Å². The van der Waals surface area contributed by atoms with Gasteiger partial charge in [-0.2, -0.15) is 0 Å². The maximum absolute atomic E-state index is 12.0. The third-order valence-corrected chi connectivity index (χ3v) is 4.56. The SMILES string of the molecule is Cc1cc(C(=O)Nc2ncc(Cc3ccc(C)c(Cl)c3)s2)on1. The highest BCUT2D eigenvalue weighted by atomic mass is 35.5. The largest absolute Gasteiger partial charge is 0.351 e. The number of halogens is 1. The molecule has 0 aliphatic heterocycles. The summed E-state index contributed by atoms with van der Waals surface area (Å²) in [4.78, 5) is 17.2. The van der Waals surface area contributed by atoms with Gasteiger partial charge in [0, 0.05) is 28.6 Å². The highest BCUT2D eigenvalue weighted by Gasteiger charge is 2.14. The molecule has 2 aromatic heterocycles. The summed E-state index contributed by atoms with van der Waals surface area (Å²) in [5.41, 5.74) is 2.81. The summed E-state index contributed by atoms with van der Waals surface area (Å²) in [6, 6.07) is 7.56. The van der Waals surface area contributed by atoms with Gasteiger partial charge in [-0.1, -0.05) is 28.9 Å². The molecule has 0 bridgehead atoms. The predicted molar refractivity (Wildman–Crippen MR) is 90.3 cm³/mol. The summed E-state index contributed by atoms with van der Waals surface area (Å²) >= 11 is 7.56. The monoisotopic (exact) mass is 347 g/mol. The van der Waals surface area contributed by atoms with E-state index in [0.29, 0.717) is 10.8 Å². The summed E-state index contributed by atoms with van der Waals surface area (Å²) < 4.78 is 4.93. The predicted octanol–water partition coefficient (Wildman–Crippen LogP) is 4.24. The van der Waals surface area contributed by atoms with Gasteiger partial charge in [-0.25, -0.2) is 4.98 Å². The number of anilines is 1. The Balaban J connectivity index is 1.68. The van der Waals surface area contributed by atoms with Gasteiger partial charge in [-0.05, 0) is 31.0 Å². The molecule has 1 N–H and O–H groups in total. The molecule has 3 aromatic rings. The quantitative estimate of drug-likeness (QED) is 0.766. The number of nitrogens with one attached hydrogen (secondary N) is 1. The van der Waals surface area contributed by atoms with Crippen molar-refractivity contribution >= 4 is 34.0 Å². The third kappa shape index (κ3) is 3.78. The van der Waals surface area contributed by atoms with E-state index in [1.54, 1.807) is 19.2 Å². The zero-order chi connectivity index (χ0) is 16.4. The van der Waals surface area contributed by atoms with Crippen molar-refractivity contribution in [2.24, 2.45) is 0 Å². The van der Waals surface area contributed by atoms with Gasteiger partial charge in [-0.15, -0.1) is 11.3 Å². The van der Waals surface area contributed by atoms with E-state index in [0.717, 1.165) is 27.4 Å². The third-order valence-electron chi connectivity index (χ3n) is 3.24. The summed E-state index contributed by atoms with van der Waals surface area (Å²) in [6.07, 6.45) is 2.47. The van der Waals surface area contributed by atoms with Crippen molar-refractivity contribution in [2.45, 2.75) is 20.3 Å². The number of aryl methyl sites for hydroxylation is 2. The topological polar surface area (TPSA) is 68.0 Å². The molecule has 3 rings (SSSR count). The van der Waals surface area contributed by atoms with E-state index in [4.69, 9.17) is 16.1 Å². The first-order chi connectivity index (χ1) is 11.0. The van der Waals surface area contributed by atoms with Crippen molar-refractivity contribution in [3.8, 4) is 0 Å². The van der Waals surface area contributed by atoms with E-state index in [1.807, 2.05) is 25.1 Å². The number of amides is 1. The smallest absolute Gasteiger partial charge is 0.296 e. The molecule has 0 fully saturated rings. The van der Waals surface area contributed by atoms with E-state index < -0.39 is 0 Å². The number of hydrogen-bond acceptors (Lipinski definition) is 5. The van der Waals surface area contributed by atoms with Crippen LogP contribution in [0.1, 0.15) is 32.3 Å². The molecule has 7 heteroatoms. The maximum atomic E-state index is 12.0. The Morgan fingerprint density at radius 1 is 1.35 bits per heavy atom. The van der Waals surface area contributed by atoms with Crippen molar-refractivity contribution in [3.63, 3.8) is 0 Å². The lowest BCUT2D eigenvalue weighted by atomic mass is 10.1. The number of hydrogen-bond donors (Lipinski definition) is 1. The number of benzene rings is 1. The van der Waals surface area contributed by atoms with Gasteiger partial charge in [0.05, 0.1) is 5.69 Å². The van der Waals surface area contributed by atoms with Crippen LogP contribution in [0.3, 0.4) is 0 Å². The van der Waals surface area contributed by atoms with E-state index in [1.165, 1.54) is 11.3 Å². The maximum Gasteiger partial charge on any atom is 0.296 e. The van der Waals surface area contributed by atoms with Crippen LogP contribution in [0.2, 0.25) is 5.02 Å². The van der Waals surface area contributed by atoms with E-state index >= 15 is 0 Å². The molecule has 23 heavy (non-hydrogen) atoms.